The molecule has 2 heteroatoms. The van der Waals surface area contributed by atoms with Crippen molar-refractivity contribution in [3.05, 3.63) is 65.4 Å². The van der Waals surface area contributed by atoms with E-state index in [2.05, 4.69) is 36.2 Å². The molecule has 1 aromatic heterocycles. The number of aryl methyl sites for hydroxylation is 1. The standard InChI is InChI=1S/C17H13NO/c1-11-5-4-6-12-9-13-10-18-15-8-3-2-7-14(15)17(13)19-16(11)12/h2-8,10H,9H2,1H3. The molecule has 0 aliphatic carbocycles. The summed E-state index contributed by atoms with van der Waals surface area (Å²) >= 11 is 0. The molecule has 0 unspecified atom stereocenters. The molecular weight excluding hydrogens is 234 g/mol. The van der Waals surface area contributed by atoms with Crippen molar-refractivity contribution in [3.8, 4) is 11.5 Å². The Morgan fingerprint density at radius 1 is 0.947 bits per heavy atom. The van der Waals surface area contributed by atoms with E-state index in [0.29, 0.717) is 0 Å². The maximum absolute atomic E-state index is 6.18. The summed E-state index contributed by atoms with van der Waals surface area (Å²) in [5, 5.41) is 1.09. The van der Waals surface area contributed by atoms with Crippen LogP contribution in [0.2, 0.25) is 0 Å². The van der Waals surface area contributed by atoms with E-state index in [1.54, 1.807) is 0 Å². The molecule has 0 bridgehead atoms. The van der Waals surface area contributed by atoms with Gasteiger partial charge in [-0.15, -0.1) is 0 Å². The fourth-order valence-electron chi connectivity index (χ4n) is 2.71. The summed E-state index contributed by atoms with van der Waals surface area (Å²) in [7, 11) is 0. The Bertz CT molecular complexity index is 792. The highest BCUT2D eigenvalue weighted by Crippen LogP contribution is 2.41. The van der Waals surface area contributed by atoms with Crippen LogP contribution in [0.15, 0.2) is 48.7 Å². The van der Waals surface area contributed by atoms with Gasteiger partial charge in [0.25, 0.3) is 0 Å². The van der Waals surface area contributed by atoms with Gasteiger partial charge in [-0.1, -0.05) is 30.3 Å². The summed E-state index contributed by atoms with van der Waals surface area (Å²) in [5.41, 5.74) is 4.57. The van der Waals surface area contributed by atoms with Crippen LogP contribution in [0.4, 0.5) is 0 Å². The zero-order valence-electron chi connectivity index (χ0n) is 10.7. The van der Waals surface area contributed by atoms with E-state index in [-0.39, 0.29) is 0 Å². The first-order valence-corrected chi connectivity index (χ1v) is 6.46. The third kappa shape index (κ3) is 1.53. The van der Waals surface area contributed by atoms with Crippen LogP contribution in [0.5, 0.6) is 11.5 Å². The van der Waals surface area contributed by atoms with Gasteiger partial charge in [0, 0.05) is 23.6 Å². The highest BCUT2D eigenvalue weighted by atomic mass is 16.5. The number of rotatable bonds is 0. The molecule has 2 nitrogen and oxygen atoms in total. The van der Waals surface area contributed by atoms with Crippen LogP contribution in [0.3, 0.4) is 0 Å². The number of nitrogens with zero attached hydrogens (tertiary/aromatic N) is 1. The van der Waals surface area contributed by atoms with Gasteiger partial charge in [-0.3, -0.25) is 4.98 Å². The van der Waals surface area contributed by atoms with E-state index in [4.69, 9.17) is 4.74 Å². The molecule has 4 rings (SSSR count). The number of hydrogen-bond donors (Lipinski definition) is 0. The Kier molecular flexibility index (Phi) is 2.12. The van der Waals surface area contributed by atoms with Crippen LogP contribution < -0.4 is 4.74 Å². The molecule has 0 N–H and O–H groups in total. The van der Waals surface area contributed by atoms with E-state index < -0.39 is 0 Å². The second kappa shape index (κ2) is 3.82. The lowest BCUT2D eigenvalue weighted by atomic mass is 9.98. The second-order valence-corrected chi connectivity index (χ2v) is 4.97. The molecule has 0 amide bonds. The van der Waals surface area contributed by atoms with Crippen molar-refractivity contribution >= 4 is 10.9 Å². The first-order valence-electron chi connectivity index (χ1n) is 6.46. The van der Waals surface area contributed by atoms with Crippen molar-refractivity contribution in [1.82, 2.24) is 4.98 Å². The van der Waals surface area contributed by atoms with Gasteiger partial charge in [-0.05, 0) is 30.2 Å². The zero-order valence-corrected chi connectivity index (χ0v) is 10.7. The minimum atomic E-state index is 0.893. The fourth-order valence-corrected chi connectivity index (χ4v) is 2.71. The normalized spacial score (nSPS) is 12.7. The molecule has 92 valence electrons. The van der Waals surface area contributed by atoms with Crippen LogP contribution in [-0.2, 0) is 6.42 Å². The summed E-state index contributed by atoms with van der Waals surface area (Å²) in [6.45, 7) is 2.09. The minimum Gasteiger partial charge on any atom is -0.456 e. The van der Waals surface area contributed by atoms with Gasteiger partial charge in [-0.25, -0.2) is 0 Å². The van der Waals surface area contributed by atoms with Crippen molar-refractivity contribution in [2.24, 2.45) is 0 Å². The lowest BCUT2D eigenvalue weighted by Crippen LogP contribution is -2.05. The predicted octanol–water partition coefficient (Wildman–Crippen LogP) is 4.24. The Balaban J connectivity index is 1.98. The molecule has 19 heavy (non-hydrogen) atoms. The van der Waals surface area contributed by atoms with Gasteiger partial charge in [0.1, 0.15) is 11.5 Å². The topological polar surface area (TPSA) is 22.1 Å². The smallest absolute Gasteiger partial charge is 0.141 e. The molecule has 2 aromatic carbocycles. The highest BCUT2D eigenvalue weighted by molar-refractivity contribution is 5.87. The third-order valence-corrected chi connectivity index (χ3v) is 3.68. The van der Waals surface area contributed by atoms with E-state index in [9.17, 15) is 0 Å². The van der Waals surface area contributed by atoms with Gasteiger partial charge >= 0.3 is 0 Å². The number of para-hydroxylation sites is 2. The average Bonchev–Trinajstić information content (AvgIpc) is 2.46. The van der Waals surface area contributed by atoms with Gasteiger partial charge < -0.3 is 4.74 Å². The zero-order chi connectivity index (χ0) is 12.8. The molecular formula is C17H13NO. The van der Waals surface area contributed by atoms with E-state index in [0.717, 1.165) is 34.4 Å². The Morgan fingerprint density at radius 3 is 2.79 bits per heavy atom. The van der Waals surface area contributed by atoms with Crippen molar-refractivity contribution in [3.63, 3.8) is 0 Å². The van der Waals surface area contributed by atoms with Gasteiger partial charge in [0.05, 0.1) is 5.52 Å². The lowest BCUT2D eigenvalue weighted by Gasteiger charge is -2.22. The predicted molar refractivity (Wildman–Crippen MR) is 75.8 cm³/mol. The first-order chi connectivity index (χ1) is 9.33. The van der Waals surface area contributed by atoms with Gasteiger partial charge in [0.2, 0.25) is 0 Å². The maximum atomic E-state index is 6.18. The summed E-state index contributed by atoms with van der Waals surface area (Å²) in [6.07, 6.45) is 2.83. The van der Waals surface area contributed by atoms with E-state index >= 15 is 0 Å². The molecule has 0 spiro atoms. The number of hydrogen-bond acceptors (Lipinski definition) is 2. The molecule has 3 aromatic rings. The first kappa shape index (κ1) is 10.6. The molecule has 1 aliphatic rings. The molecule has 1 aliphatic heterocycles. The average molecular weight is 247 g/mol. The number of aromatic nitrogens is 1. The SMILES string of the molecule is Cc1cccc2c1Oc1c(cnc3ccccc13)C2. The molecule has 0 fully saturated rings. The third-order valence-electron chi connectivity index (χ3n) is 3.68. The molecule has 0 saturated carbocycles. The quantitative estimate of drug-likeness (QED) is 0.463. The van der Waals surface area contributed by atoms with Crippen LogP contribution in [0.1, 0.15) is 16.7 Å². The second-order valence-electron chi connectivity index (χ2n) is 4.97. The number of benzene rings is 2. The van der Waals surface area contributed by atoms with Crippen molar-refractivity contribution in [1.29, 1.82) is 0 Å². The Morgan fingerprint density at radius 2 is 1.84 bits per heavy atom. The largest absolute Gasteiger partial charge is 0.456 e. The van der Waals surface area contributed by atoms with Crippen LogP contribution in [0.25, 0.3) is 10.9 Å². The van der Waals surface area contributed by atoms with Crippen molar-refractivity contribution in [2.45, 2.75) is 13.3 Å². The lowest BCUT2D eigenvalue weighted by molar-refractivity contribution is 0.461. The summed E-state index contributed by atoms with van der Waals surface area (Å²) in [4.78, 5) is 4.51. The molecule has 0 radical (unpaired) electrons. The fraction of sp³-hybridized carbons (Fsp3) is 0.118. The minimum absolute atomic E-state index is 0.893. The summed E-state index contributed by atoms with van der Waals surface area (Å²) in [6, 6.07) is 14.4. The summed E-state index contributed by atoms with van der Waals surface area (Å²) < 4.78 is 6.18. The van der Waals surface area contributed by atoms with Crippen molar-refractivity contribution in [2.75, 3.05) is 0 Å². The maximum Gasteiger partial charge on any atom is 0.141 e. The Hall–Kier alpha value is -2.35. The van der Waals surface area contributed by atoms with Crippen LogP contribution in [0, 0.1) is 6.92 Å². The number of pyridine rings is 1. The van der Waals surface area contributed by atoms with Crippen molar-refractivity contribution < 1.29 is 4.74 Å². The highest BCUT2D eigenvalue weighted by Gasteiger charge is 2.20. The van der Waals surface area contributed by atoms with Crippen LogP contribution >= 0.6 is 0 Å². The number of ether oxygens (including phenoxy) is 1. The molecule has 0 saturated heterocycles. The summed E-state index contributed by atoms with van der Waals surface area (Å²) in [5.74, 6) is 1.97. The van der Waals surface area contributed by atoms with Gasteiger partial charge in [-0.2, -0.15) is 0 Å². The van der Waals surface area contributed by atoms with E-state index in [1.807, 2.05) is 24.4 Å². The van der Waals surface area contributed by atoms with Crippen LogP contribution in [-0.4, -0.2) is 4.98 Å². The number of fused-ring (bicyclic) bond motifs is 4. The molecule has 0 atom stereocenters. The Labute approximate surface area is 111 Å². The molecule has 2 heterocycles. The monoisotopic (exact) mass is 247 g/mol. The van der Waals surface area contributed by atoms with E-state index in [1.165, 1.54) is 11.1 Å². The van der Waals surface area contributed by atoms with Gasteiger partial charge in [0.15, 0.2) is 0 Å².